The summed E-state index contributed by atoms with van der Waals surface area (Å²) >= 11 is 0. The van der Waals surface area contributed by atoms with Gasteiger partial charge in [-0.1, -0.05) is 6.42 Å². The number of likely N-dealkylation sites (tertiary alicyclic amines) is 1. The smallest absolute Gasteiger partial charge is 0.0584 e. The second-order valence-corrected chi connectivity index (χ2v) is 4.19. The van der Waals surface area contributed by atoms with Crippen LogP contribution in [0.4, 0.5) is 0 Å². The highest BCUT2D eigenvalue weighted by atomic mass is 16.3. The number of hydrogen-bond donors (Lipinski definition) is 2. The molecule has 0 amide bonds. The molecule has 0 aromatic carbocycles. The fraction of sp³-hybridized carbons (Fsp3) is 1.00. The largest absolute Gasteiger partial charge is 0.395 e. The molecule has 1 rings (SSSR count). The lowest BCUT2D eigenvalue weighted by Crippen LogP contribution is -2.53. The first-order chi connectivity index (χ1) is 6.16. The zero-order valence-corrected chi connectivity index (χ0v) is 8.74. The molecular weight excluding hydrogens is 164 g/mol. The standard InChI is InChI=1S/C10H22N2O/c1-8(7-13)12-6-4-3-5-10(12)9(2)11/h8-10,13H,3-7,11H2,1-2H3. The van der Waals surface area contributed by atoms with Crippen LogP contribution in [0.5, 0.6) is 0 Å². The van der Waals surface area contributed by atoms with Crippen LogP contribution in [0.2, 0.25) is 0 Å². The summed E-state index contributed by atoms with van der Waals surface area (Å²) in [7, 11) is 0. The highest BCUT2D eigenvalue weighted by molar-refractivity contribution is 4.85. The van der Waals surface area contributed by atoms with Crippen molar-refractivity contribution in [2.24, 2.45) is 5.73 Å². The number of aliphatic hydroxyl groups excluding tert-OH is 1. The van der Waals surface area contributed by atoms with E-state index in [1.165, 1.54) is 19.3 Å². The van der Waals surface area contributed by atoms with Gasteiger partial charge in [-0.2, -0.15) is 0 Å². The quantitative estimate of drug-likeness (QED) is 0.677. The summed E-state index contributed by atoms with van der Waals surface area (Å²) in [4.78, 5) is 2.36. The summed E-state index contributed by atoms with van der Waals surface area (Å²) in [6.07, 6.45) is 3.70. The summed E-state index contributed by atoms with van der Waals surface area (Å²) in [6, 6.07) is 0.946. The Morgan fingerprint density at radius 2 is 2.15 bits per heavy atom. The van der Waals surface area contributed by atoms with Gasteiger partial charge in [0, 0.05) is 18.1 Å². The Hall–Kier alpha value is -0.120. The second kappa shape index (κ2) is 4.94. The first-order valence-electron chi connectivity index (χ1n) is 5.29. The van der Waals surface area contributed by atoms with E-state index in [-0.39, 0.29) is 18.7 Å². The molecule has 3 N–H and O–H groups in total. The SMILES string of the molecule is CC(N)C1CCCCN1C(C)CO. The maximum absolute atomic E-state index is 9.10. The monoisotopic (exact) mass is 186 g/mol. The maximum atomic E-state index is 9.10. The number of rotatable bonds is 3. The van der Waals surface area contributed by atoms with Crippen molar-refractivity contribution in [3.8, 4) is 0 Å². The van der Waals surface area contributed by atoms with Crippen LogP contribution in [0, 0.1) is 0 Å². The first kappa shape index (κ1) is 11.0. The van der Waals surface area contributed by atoms with E-state index < -0.39 is 0 Å². The summed E-state index contributed by atoms with van der Waals surface area (Å²) in [6.45, 7) is 5.46. The minimum atomic E-state index is 0.217. The Labute approximate surface area is 80.9 Å². The van der Waals surface area contributed by atoms with E-state index in [0.29, 0.717) is 6.04 Å². The third-order valence-electron chi connectivity index (χ3n) is 3.03. The van der Waals surface area contributed by atoms with Gasteiger partial charge in [0.15, 0.2) is 0 Å². The molecule has 1 heterocycles. The molecule has 78 valence electrons. The lowest BCUT2D eigenvalue weighted by Gasteiger charge is -2.41. The average molecular weight is 186 g/mol. The van der Waals surface area contributed by atoms with Crippen molar-refractivity contribution in [3.05, 3.63) is 0 Å². The van der Waals surface area contributed by atoms with Crippen molar-refractivity contribution in [2.75, 3.05) is 13.2 Å². The predicted molar refractivity (Wildman–Crippen MR) is 54.5 cm³/mol. The van der Waals surface area contributed by atoms with Crippen LogP contribution in [0.15, 0.2) is 0 Å². The molecule has 3 nitrogen and oxygen atoms in total. The molecule has 1 fully saturated rings. The maximum Gasteiger partial charge on any atom is 0.0584 e. The van der Waals surface area contributed by atoms with E-state index in [4.69, 9.17) is 10.8 Å². The number of aliphatic hydroxyl groups is 1. The Morgan fingerprint density at radius 3 is 2.69 bits per heavy atom. The molecule has 0 aliphatic carbocycles. The van der Waals surface area contributed by atoms with Gasteiger partial charge in [-0.25, -0.2) is 0 Å². The number of hydrogen-bond acceptors (Lipinski definition) is 3. The van der Waals surface area contributed by atoms with Crippen LogP contribution in [0.3, 0.4) is 0 Å². The van der Waals surface area contributed by atoms with Crippen molar-refractivity contribution in [2.45, 2.75) is 51.2 Å². The van der Waals surface area contributed by atoms with Crippen LogP contribution in [0.25, 0.3) is 0 Å². The minimum absolute atomic E-state index is 0.217. The highest BCUT2D eigenvalue weighted by Crippen LogP contribution is 2.21. The summed E-state index contributed by atoms with van der Waals surface area (Å²) < 4.78 is 0. The van der Waals surface area contributed by atoms with Crippen LogP contribution in [0.1, 0.15) is 33.1 Å². The molecule has 0 aromatic heterocycles. The second-order valence-electron chi connectivity index (χ2n) is 4.19. The van der Waals surface area contributed by atoms with Crippen molar-refractivity contribution in [3.63, 3.8) is 0 Å². The van der Waals surface area contributed by atoms with Crippen LogP contribution >= 0.6 is 0 Å². The van der Waals surface area contributed by atoms with E-state index in [2.05, 4.69) is 18.7 Å². The Morgan fingerprint density at radius 1 is 1.46 bits per heavy atom. The molecule has 0 aromatic rings. The zero-order valence-electron chi connectivity index (χ0n) is 8.74. The molecule has 3 unspecified atom stereocenters. The molecule has 1 saturated heterocycles. The van der Waals surface area contributed by atoms with Crippen LogP contribution in [-0.4, -0.2) is 41.3 Å². The Bertz CT molecular complexity index is 150. The lowest BCUT2D eigenvalue weighted by atomic mass is 9.95. The third kappa shape index (κ3) is 2.66. The number of nitrogens with two attached hydrogens (primary N) is 1. The summed E-state index contributed by atoms with van der Waals surface area (Å²) in [5.41, 5.74) is 5.93. The number of nitrogens with zero attached hydrogens (tertiary/aromatic N) is 1. The van der Waals surface area contributed by atoms with E-state index in [0.717, 1.165) is 6.54 Å². The van der Waals surface area contributed by atoms with Gasteiger partial charge in [-0.3, -0.25) is 4.90 Å². The Balaban J connectivity index is 2.56. The molecule has 0 radical (unpaired) electrons. The number of piperidine rings is 1. The molecule has 1 aliphatic heterocycles. The van der Waals surface area contributed by atoms with Crippen LogP contribution < -0.4 is 5.73 Å². The Kier molecular flexibility index (Phi) is 4.16. The first-order valence-corrected chi connectivity index (χ1v) is 5.29. The summed E-state index contributed by atoms with van der Waals surface area (Å²) in [5.74, 6) is 0. The molecular formula is C10H22N2O. The van der Waals surface area contributed by atoms with Crippen LogP contribution in [-0.2, 0) is 0 Å². The van der Waals surface area contributed by atoms with E-state index in [1.54, 1.807) is 0 Å². The van der Waals surface area contributed by atoms with Gasteiger partial charge in [-0.15, -0.1) is 0 Å². The average Bonchev–Trinajstić information content (AvgIpc) is 2.16. The lowest BCUT2D eigenvalue weighted by molar-refractivity contribution is 0.0566. The van der Waals surface area contributed by atoms with Crippen molar-refractivity contribution in [1.82, 2.24) is 4.90 Å². The van der Waals surface area contributed by atoms with E-state index in [1.807, 2.05) is 0 Å². The third-order valence-corrected chi connectivity index (χ3v) is 3.03. The van der Waals surface area contributed by atoms with Gasteiger partial charge in [0.25, 0.3) is 0 Å². The predicted octanol–water partition coefficient (Wildman–Crippen LogP) is 0.569. The topological polar surface area (TPSA) is 49.5 Å². The van der Waals surface area contributed by atoms with Gasteiger partial charge < -0.3 is 10.8 Å². The van der Waals surface area contributed by atoms with Gasteiger partial charge in [0.2, 0.25) is 0 Å². The fourth-order valence-corrected chi connectivity index (χ4v) is 2.20. The zero-order chi connectivity index (χ0) is 9.84. The van der Waals surface area contributed by atoms with Gasteiger partial charge in [0.05, 0.1) is 6.61 Å². The van der Waals surface area contributed by atoms with E-state index in [9.17, 15) is 0 Å². The van der Waals surface area contributed by atoms with E-state index >= 15 is 0 Å². The normalized spacial score (nSPS) is 30.0. The minimum Gasteiger partial charge on any atom is -0.395 e. The summed E-state index contributed by atoms with van der Waals surface area (Å²) in [5, 5.41) is 9.10. The van der Waals surface area contributed by atoms with Gasteiger partial charge >= 0.3 is 0 Å². The molecule has 1 aliphatic rings. The van der Waals surface area contributed by atoms with Gasteiger partial charge in [0.1, 0.15) is 0 Å². The van der Waals surface area contributed by atoms with Crippen molar-refractivity contribution >= 4 is 0 Å². The molecule has 0 bridgehead atoms. The van der Waals surface area contributed by atoms with Crippen molar-refractivity contribution in [1.29, 1.82) is 0 Å². The molecule has 0 saturated carbocycles. The van der Waals surface area contributed by atoms with Gasteiger partial charge in [-0.05, 0) is 33.2 Å². The highest BCUT2D eigenvalue weighted by Gasteiger charge is 2.28. The molecule has 3 heteroatoms. The molecule has 3 atom stereocenters. The molecule has 0 spiro atoms. The fourth-order valence-electron chi connectivity index (χ4n) is 2.20. The molecule has 13 heavy (non-hydrogen) atoms. The van der Waals surface area contributed by atoms with Crippen molar-refractivity contribution < 1.29 is 5.11 Å².